The molecule has 12 heteroatoms. The number of amides is 2. The van der Waals surface area contributed by atoms with E-state index < -0.39 is 26.8 Å². The molecule has 0 aliphatic heterocycles. The molecule has 3 rings (SSSR count). The SMILES string of the molecule is COc1ccccc1NS(=O)(=O)c1cccc(C(=O)NNC(=O)c2ccc([N+](=O)[O-])cc2)c1. The van der Waals surface area contributed by atoms with Crippen LogP contribution in [0.2, 0.25) is 0 Å². The Kier molecular flexibility index (Phi) is 6.88. The zero-order chi connectivity index (χ0) is 24.0. The number of rotatable bonds is 7. The largest absolute Gasteiger partial charge is 0.495 e. The number of para-hydroxylation sites is 2. The number of hydrogen-bond acceptors (Lipinski definition) is 7. The van der Waals surface area contributed by atoms with Gasteiger partial charge in [-0.2, -0.15) is 0 Å². The van der Waals surface area contributed by atoms with E-state index >= 15 is 0 Å². The smallest absolute Gasteiger partial charge is 0.269 e. The summed E-state index contributed by atoms with van der Waals surface area (Å²) in [4.78, 5) is 34.4. The second kappa shape index (κ2) is 9.78. The standard InChI is InChI=1S/C21H18N4O7S/c1-32-19-8-3-2-7-18(19)24-33(30,31)17-6-4-5-15(13-17)21(27)23-22-20(26)14-9-11-16(12-10-14)25(28)29/h2-13,24H,1H3,(H,22,26)(H,23,27). The number of hydrogen-bond donors (Lipinski definition) is 3. The van der Waals surface area contributed by atoms with Gasteiger partial charge in [-0.3, -0.25) is 35.3 Å². The van der Waals surface area contributed by atoms with E-state index in [-0.39, 0.29) is 27.4 Å². The van der Waals surface area contributed by atoms with Crippen LogP contribution in [0.15, 0.2) is 77.7 Å². The zero-order valence-electron chi connectivity index (χ0n) is 17.1. The van der Waals surface area contributed by atoms with Gasteiger partial charge >= 0.3 is 0 Å². The molecule has 0 saturated carbocycles. The van der Waals surface area contributed by atoms with Crippen molar-refractivity contribution < 1.29 is 27.7 Å². The van der Waals surface area contributed by atoms with Crippen LogP contribution < -0.4 is 20.3 Å². The van der Waals surface area contributed by atoms with Gasteiger partial charge < -0.3 is 4.74 Å². The van der Waals surface area contributed by atoms with Crippen LogP contribution in [0.25, 0.3) is 0 Å². The van der Waals surface area contributed by atoms with Gasteiger partial charge in [0.15, 0.2) is 0 Å². The number of nitrogens with one attached hydrogen (secondary N) is 3. The molecule has 33 heavy (non-hydrogen) atoms. The lowest BCUT2D eigenvalue weighted by Crippen LogP contribution is -2.41. The van der Waals surface area contributed by atoms with Crippen LogP contribution >= 0.6 is 0 Å². The minimum atomic E-state index is -4.04. The van der Waals surface area contributed by atoms with E-state index in [0.29, 0.717) is 5.75 Å². The molecule has 0 aromatic heterocycles. The lowest BCUT2D eigenvalue weighted by Gasteiger charge is -2.12. The summed E-state index contributed by atoms with van der Waals surface area (Å²) in [5.41, 5.74) is 4.44. The Hall–Kier alpha value is -4.45. The Balaban J connectivity index is 1.70. The number of nitro benzene ring substituents is 1. The minimum Gasteiger partial charge on any atom is -0.495 e. The van der Waals surface area contributed by atoms with Crippen molar-refractivity contribution in [3.63, 3.8) is 0 Å². The molecule has 0 heterocycles. The van der Waals surface area contributed by atoms with Crippen LogP contribution in [-0.2, 0) is 10.0 Å². The van der Waals surface area contributed by atoms with Crippen molar-refractivity contribution >= 4 is 33.2 Å². The fourth-order valence-electron chi connectivity index (χ4n) is 2.73. The van der Waals surface area contributed by atoms with Crippen LogP contribution in [0.4, 0.5) is 11.4 Å². The molecule has 0 unspecified atom stereocenters. The normalized spacial score (nSPS) is 10.7. The highest BCUT2D eigenvalue weighted by molar-refractivity contribution is 7.92. The fourth-order valence-corrected chi connectivity index (χ4v) is 3.85. The van der Waals surface area contributed by atoms with Gasteiger partial charge in [-0.1, -0.05) is 18.2 Å². The van der Waals surface area contributed by atoms with Crippen LogP contribution in [-0.4, -0.2) is 32.3 Å². The average Bonchev–Trinajstić information content (AvgIpc) is 2.82. The molecule has 170 valence electrons. The summed E-state index contributed by atoms with van der Waals surface area (Å²) in [6, 6.07) is 16.4. The Labute approximate surface area is 188 Å². The number of methoxy groups -OCH3 is 1. The van der Waals surface area contributed by atoms with Crippen LogP contribution in [0.1, 0.15) is 20.7 Å². The van der Waals surface area contributed by atoms with Gasteiger partial charge in [-0.05, 0) is 42.5 Å². The van der Waals surface area contributed by atoms with E-state index in [4.69, 9.17) is 4.74 Å². The molecule has 0 radical (unpaired) electrons. The van der Waals surface area contributed by atoms with E-state index in [1.165, 1.54) is 43.5 Å². The monoisotopic (exact) mass is 470 g/mol. The van der Waals surface area contributed by atoms with E-state index in [2.05, 4.69) is 15.6 Å². The van der Waals surface area contributed by atoms with Crippen molar-refractivity contribution in [3.8, 4) is 5.75 Å². The lowest BCUT2D eigenvalue weighted by molar-refractivity contribution is -0.384. The van der Waals surface area contributed by atoms with Crippen LogP contribution in [0.3, 0.4) is 0 Å². The number of hydrazine groups is 1. The van der Waals surface area contributed by atoms with Gasteiger partial charge in [-0.25, -0.2) is 8.42 Å². The van der Waals surface area contributed by atoms with Crippen molar-refractivity contribution in [1.29, 1.82) is 0 Å². The Morgan fingerprint density at radius 2 is 1.52 bits per heavy atom. The maximum absolute atomic E-state index is 12.8. The first-order valence-electron chi connectivity index (χ1n) is 9.32. The highest BCUT2D eigenvalue weighted by Gasteiger charge is 2.19. The zero-order valence-corrected chi connectivity index (χ0v) is 18.0. The number of nitro groups is 1. The van der Waals surface area contributed by atoms with Gasteiger partial charge in [0.2, 0.25) is 0 Å². The number of ether oxygens (including phenoxy) is 1. The average molecular weight is 470 g/mol. The molecule has 0 bridgehead atoms. The molecule has 3 aromatic carbocycles. The molecule has 0 saturated heterocycles. The number of anilines is 1. The summed E-state index contributed by atoms with van der Waals surface area (Å²) < 4.78 is 33.0. The first kappa shape index (κ1) is 23.2. The Morgan fingerprint density at radius 3 is 2.15 bits per heavy atom. The molecule has 0 fully saturated rings. The number of carbonyl (C=O) groups is 2. The van der Waals surface area contributed by atoms with Gasteiger partial charge in [0.25, 0.3) is 27.5 Å². The molecule has 11 nitrogen and oxygen atoms in total. The highest BCUT2D eigenvalue weighted by Crippen LogP contribution is 2.26. The molecule has 3 N–H and O–H groups in total. The van der Waals surface area contributed by atoms with Crippen molar-refractivity contribution in [3.05, 3.63) is 94.0 Å². The number of benzene rings is 3. The summed E-state index contributed by atoms with van der Waals surface area (Å²) in [5, 5.41) is 10.7. The molecule has 0 aliphatic carbocycles. The molecular formula is C21H18N4O7S. The van der Waals surface area contributed by atoms with Gasteiger partial charge in [0.05, 0.1) is 22.6 Å². The Bertz CT molecular complexity index is 1310. The first-order valence-corrected chi connectivity index (χ1v) is 10.8. The summed E-state index contributed by atoms with van der Waals surface area (Å²) in [7, 11) is -2.63. The molecule has 0 atom stereocenters. The number of non-ortho nitro benzene ring substituents is 1. The number of sulfonamides is 1. The van der Waals surface area contributed by atoms with Gasteiger partial charge in [-0.15, -0.1) is 0 Å². The summed E-state index contributed by atoms with van der Waals surface area (Å²) >= 11 is 0. The molecule has 0 spiro atoms. The summed E-state index contributed by atoms with van der Waals surface area (Å²) in [6.07, 6.45) is 0. The van der Waals surface area contributed by atoms with Crippen LogP contribution in [0, 0.1) is 10.1 Å². The predicted octanol–water partition coefficient (Wildman–Crippen LogP) is 2.48. The fraction of sp³-hybridized carbons (Fsp3) is 0.0476. The molecule has 3 aromatic rings. The summed E-state index contributed by atoms with van der Waals surface area (Å²) in [6.45, 7) is 0. The maximum atomic E-state index is 12.8. The summed E-state index contributed by atoms with van der Waals surface area (Å²) in [5.74, 6) is -1.15. The molecular weight excluding hydrogens is 452 g/mol. The molecule has 0 aliphatic rings. The molecule has 2 amide bonds. The Morgan fingerprint density at radius 1 is 0.879 bits per heavy atom. The quantitative estimate of drug-likeness (QED) is 0.354. The van der Waals surface area contributed by atoms with Gasteiger partial charge in [0, 0.05) is 23.3 Å². The third kappa shape index (κ3) is 5.62. The van der Waals surface area contributed by atoms with Crippen molar-refractivity contribution in [2.75, 3.05) is 11.8 Å². The second-order valence-electron chi connectivity index (χ2n) is 6.55. The first-order chi connectivity index (χ1) is 15.7. The van der Waals surface area contributed by atoms with Crippen LogP contribution in [0.5, 0.6) is 5.75 Å². The topological polar surface area (TPSA) is 157 Å². The minimum absolute atomic E-state index is 0.0260. The third-order valence-corrected chi connectivity index (χ3v) is 5.75. The van der Waals surface area contributed by atoms with E-state index in [9.17, 15) is 28.1 Å². The van der Waals surface area contributed by atoms with E-state index in [1.807, 2.05) is 0 Å². The number of nitrogens with zero attached hydrogens (tertiary/aromatic N) is 1. The van der Waals surface area contributed by atoms with E-state index in [1.54, 1.807) is 18.2 Å². The highest BCUT2D eigenvalue weighted by atomic mass is 32.2. The van der Waals surface area contributed by atoms with E-state index in [0.717, 1.165) is 18.2 Å². The lowest BCUT2D eigenvalue weighted by atomic mass is 10.2. The number of carbonyl (C=O) groups excluding carboxylic acids is 2. The van der Waals surface area contributed by atoms with Crippen molar-refractivity contribution in [1.82, 2.24) is 10.9 Å². The third-order valence-electron chi connectivity index (χ3n) is 4.39. The van der Waals surface area contributed by atoms with Crippen molar-refractivity contribution in [2.45, 2.75) is 4.90 Å². The van der Waals surface area contributed by atoms with Gasteiger partial charge in [0.1, 0.15) is 5.75 Å². The van der Waals surface area contributed by atoms with Crippen molar-refractivity contribution in [2.24, 2.45) is 0 Å². The maximum Gasteiger partial charge on any atom is 0.269 e. The second-order valence-corrected chi connectivity index (χ2v) is 8.23. The predicted molar refractivity (Wildman–Crippen MR) is 118 cm³/mol.